The summed E-state index contributed by atoms with van der Waals surface area (Å²) < 4.78 is 182. The molecule has 0 saturated heterocycles. The monoisotopic (exact) mass is 938 g/mol. The summed E-state index contributed by atoms with van der Waals surface area (Å²) >= 11 is 0. The fourth-order valence-corrected chi connectivity index (χ4v) is 6.03. The van der Waals surface area contributed by atoms with Crippen molar-refractivity contribution in [3.8, 4) is 46.2 Å². The molecule has 2 aromatic heterocycles. The molecule has 66 heavy (non-hydrogen) atoms. The second kappa shape index (κ2) is 18.3. The average Bonchev–Trinajstić information content (AvgIpc) is 3.89. The van der Waals surface area contributed by atoms with E-state index in [2.05, 4.69) is 20.4 Å². The van der Waals surface area contributed by atoms with E-state index in [1.54, 1.807) is 12.1 Å². The van der Waals surface area contributed by atoms with Gasteiger partial charge < -0.3 is 18.9 Å². The van der Waals surface area contributed by atoms with Crippen LogP contribution in [0.25, 0.3) is 22.5 Å². The van der Waals surface area contributed by atoms with Crippen LogP contribution < -0.4 is 9.47 Å². The number of halogens is 12. The van der Waals surface area contributed by atoms with Crippen molar-refractivity contribution in [3.05, 3.63) is 130 Å². The summed E-state index contributed by atoms with van der Waals surface area (Å²) in [5.74, 6) is -0.238. The van der Waals surface area contributed by atoms with Gasteiger partial charge in [0.15, 0.2) is 11.4 Å². The van der Waals surface area contributed by atoms with Gasteiger partial charge in [-0.3, -0.25) is 0 Å². The third kappa shape index (κ3) is 11.1. The Kier molecular flexibility index (Phi) is 13.2. The molecule has 2 atom stereocenters. The van der Waals surface area contributed by atoms with Crippen LogP contribution in [0.3, 0.4) is 0 Å². The van der Waals surface area contributed by atoms with Crippen LogP contribution in [0.4, 0.5) is 57.5 Å². The molecule has 0 aliphatic rings. The second-order valence-electron chi connectivity index (χ2n) is 13.7. The van der Waals surface area contributed by atoms with Crippen LogP contribution in [0.1, 0.15) is 71.1 Å². The highest BCUT2D eigenvalue weighted by Gasteiger charge is 2.39. The molecule has 13 nitrogen and oxygen atoms in total. The molecule has 0 saturated carbocycles. The lowest BCUT2D eigenvalue weighted by molar-refractivity contribution is -0.142. The van der Waals surface area contributed by atoms with E-state index in [4.69, 9.17) is 18.9 Å². The molecule has 0 fully saturated rings. The average molecular weight is 939 g/mol. The van der Waals surface area contributed by atoms with E-state index >= 15 is 0 Å². The summed E-state index contributed by atoms with van der Waals surface area (Å²) in [7, 11) is 0. The molecule has 0 radical (unpaired) electrons. The molecule has 0 aliphatic carbocycles. The summed E-state index contributed by atoms with van der Waals surface area (Å²) in [6.45, 7) is 0.697. The zero-order valence-corrected chi connectivity index (χ0v) is 33.3. The molecule has 4 aromatic carbocycles. The number of alkyl halides is 12. The van der Waals surface area contributed by atoms with Gasteiger partial charge in [-0.05, 0) is 74.5 Å². The quantitative estimate of drug-likeness (QED) is 0.0847. The van der Waals surface area contributed by atoms with Crippen LogP contribution in [0.2, 0.25) is 0 Å². The third-order valence-electron chi connectivity index (χ3n) is 9.13. The SMILES string of the molecule is CC(OC(=O)OC(C)n1nc(C#N)c(-c2cccc(OCc3cc(C(F)(F)F)ccc3C(F)(F)F)c2)n1)n1nc(C#N)c(-c2cccc(OCc3cc(C(F)(F)F)ccc3C(F)(F)F)c2)n1. The zero-order chi connectivity index (χ0) is 48.4. The number of benzene rings is 4. The van der Waals surface area contributed by atoms with Crippen molar-refractivity contribution in [2.75, 3.05) is 0 Å². The van der Waals surface area contributed by atoms with Crippen molar-refractivity contribution >= 4 is 6.16 Å². The first kappa shape index (κ1) is 47.6. The first-order chi connectivity index (χ1) is 30.8. The first-order valence-electron chi connectivity index (χ1n) is 18.5. The number of rotatable bonds is 12. The van der Waals surface area contributed by atoms with Gasteiger partial charge in [0.1, 0.15) is 48.2 Å². The van der Waals surface area contributed by atoms with Crippen LogP contribution in [0.5, 0.6) is 11.5 Å². The van der Waals surface area contributed by atoms with Crippen molar-refractivity contribution in [1.29, 1.82) is 10.5 Å². The van der Waals surface area contributed by atoms with E-state index in [1.165, 1.54) is 62.4 Å². The molecule has 2 unspecified atom stereocenters. The molecule has 0 spiro atoms. The first-order valence-corrected chi connectivity index (χ1v) is 18.5. The number of carbonyl (C=O) groups is 1. The van der Waals surface area contributed by atoms with Gasteiger partial charge in [-0.25, -0.2) is 4.79 Å². The molecule has 6 aromatic rings. The van der Waals surface area contributed by atoms with Gasteiger partial charge in [0.2, 0.25) is 12.5 Å². The Bertz CT molecular complexity index is 2650. The van der Waals surface area contributed by atoms with Crippen molar-refractivity contribution in [2.45, 2.75) is 64.2 Å². The maximum absolute atomic E-state index is 13.6. The van der Waals surface area contributed by atoms with Gasteiger partial charge in [-0.1, -0.05) is 24.3 Å². The molecule has 0 N–H and O–H groups in total. The Morgan fingerprint density at radius 3 is 1.27 bits per heavy atom. The Morgan fingerprint density at radius 1 is 0.561 bits per heavy atom. The lowest BCUT2D eigenvalue weighted by Gasteiger charge is -2.16. The van der Waals surface area contributed by atoms with Gasteiger partial charge in [0.25, 0.3) is 0 Å². The number of ether oxygens (including phenoxy) is 4. The number of aromatic nitrogens is 6. The van der Waals surface area contributed by atoms with Crippen LogP contribution in [0, 0.1) is 22.7 Å². The Labute approximate surface area is 362 Å². The highest BCUT2D eigenvalue weighted by Crippen LogP contribution is 2.39. The zero-order valence-electron chi connectivity index (χ0n) is 33.3. The summed E-state index contributed by atoms with van der Waals surface area (Å²) in [5, 5.41) is 35.8. The maximum atomic E-state index is 13.6. The normalized spacial score (nSPS) is 13.0. The molecular weight excluding hydrogens is 912 g/mol. The van der Waals surface area contributed by atoms with Gasteiger partial charge in [0.05, 0.1) is 22.3 Å². The van der Waals surface area contributed by atoms with Crippen molar-refractivity contribution in [3.63, 3.8) is 0 Å². The Hall–Kier alpha value is -7.83. The molecule has 0 bridgehead atoms. The minimum absolute atomic E-state index is 0.119. The number of carbonyl (C=O) groups excluding carboxylic acids is 1. The lowest BCUT2D eigenvalue weighted by atomic mass is 10.0. The lowest BCUT2D eigenvalue weighted by Crippen LogP contribution is -2.22. The predicted molar refractivity (Wildman–Crippen MR) is 199 cm³/mol. The van der Waals surface area contributed by atoms with E-state index in [0.717, 1.165) is 9.59 Å². The van der Waals surface area contributed by atoms with E-state index in [-0.39, 0.29) is 45.4 Å². The molecule has 25 heteroatoms. The van der Waals surface area contributed by atoms with Crippen LogP contribution in [0.15, 0.2) is 84.9 Å². The fraction of sp³-hybridized carbons (Fsp3) is 0.244. The molecule has 0 amide bonds. The van der Waals surface area contributed by atoms with E-state index in [0.29, 0.717) is 36.4 Å². The van der Waals surface area contributed by atoms with Crippen molar-refractivity contribution in [1.82, 2.24) is 30.0 Å². The summed E-state index contributed by atoms with van der Waals surface area (Å²) in [6.07, 6.45) is -24.0. The van der Waals surface area contributed by atoms with Gasteiger partial charge in [-0.15, -0.1) is 30.0 Å². The maximum Gasteiger partial charge on any atom is 0.512 e. The molecular formula is C41H26F12N8O5. The highest BCUT2D eigenvalue weighted by atomic mass is 19.4. The molecule has 0 aliphatic heterocycles. The summed E-state index contributed by atoms with van der Waals surface area (Å²) in [5.41, 5.74) is -7.57. The molecule has 344 valence electrons. The van der Waals surface area contributed by atoms with Crippen LogP contribution >= 0.6 is 0 Å². The highest BCUT2D eigenvalue weighted by molar-refractivity contribution is 5.67. The third-order valence-corrected chi connectivity index (χ3v) is 9.13. The van der Waals surface area contributed by atoms with Gasteiger partial charge in [-0.2, -0.15) is 63.2 Å². The smallest absolute Gasteiger partial charge is 0.489 e. The summed E-state index contributed by atoms with van der Waals surface area (Å²) in [6, 6.07) is 16.0. The minimum Gasteiger partial charge on any atom is -0.489 e. The van der Waals surface area contributed by atoms with E-state index in [1.807, 2.05) is 0 Å². The van der Waals surface area contributed by atoms with Gasteiger partial charge in [0, 0.05) is 22.3 Å². The number of hydrogen-bond donors (Lipinski definition) is 0. The fourth-order valence-electron chi connectivity index (χ4n) is 6.03. The second-order valence-corrected chi connectivity index (χ2v) is 13.7. The van der Waals surface area contributed by atoms with Crippen LogP contribution in [-0.2, 0) is 47.4 Å². The Morgan fingerprint density at radius 2 is 0.939 bits per heavy atom. The standard InChI is InChI=1S/C41H26F12N8O5/c1-21(60-56-33(17-54)35(58-60)23-5-3-7-29(15-23)63-19-25-13-27(38(42,43)44)9-11-31(25)40(48,49)50)65-37(62)66-22(2)61-57-34(18-55)36(59-61)24-6-4-8-30(16-24)64-20-26-14-28(39(45,46)47)10-12-32(26)41(51,52)53/h3-16,21-22H,19-20H2,1-2H3. The number of nitriles is 2. The topological polar surface area (TPSA) is 163 Å². The van der Waals surface area contributed by atoms with Crippen molar-refractivity contribution < 1.29 is 76.4 Å². The van der Waals surface area contributed by atoms with Gasteiger partial charge >= 0.3 is 30.9 Å². The summed E-state index contributed by atoms with van der Waals surface area (Å²) in [4.78, 5) is 14.5. The minimum atomic E-state index is -4.99. The molecule has 6 rings (SSSR count). The van der Waals surface area contributed by atoms with E-state index in [9.17, 15) is 68.0 Å². The largest absolute Gasteiger partial charge is 0.512 e. The number of nitrogens with zero attached hydrogens (tertiary/aromatic N) is 8. The van der Waals surface area contributed by atoms with E-state index < -0.39 is 89.9 Å². The van der Waals surface area contributed by atoms with Crippen molar-refractivity contribution in [2.24, 2.45) is 0 Å². The predicted octanol–water partition coefficient (Wildman–Crippen LogP) is 11.1. The van der Waals surface area contributed by atoms with Crippen LogP contribution in [-0.4, -0.2) is 36.1 Å². The number of hydrogen-bond acceptors (Lipinski definition) is 11. The molecule has 2 heterocycles. The Balaban J connectivity index is 1.12.